The molecule has 2 heterocycles. The van der Waals surface area contributed by atoms with Crippen molar-refractivity contribution >= 4 is 11.9 Å². The van der Waals surface area contributed by atoms with E-state index >= 15 is 0 Å². The molecule has 2 spiro atoms. The van der Waals surface area contributed by atoms with Crippen molar-refractivity contribution in [1.29, 1.82) is 0 Å². The van der Waals surface area contributed by atoms with Gasteiger partial charge in [-0.15, -0.1) is 0 Å². The van der Waals surface area contributed by atoms with Crippen LogP contribution in [0.4, 0.5) is 0 Å². The van der Waals surface area contributed by atoms with Gasteiger partial charge < -0.3 is 69.3 Å². The van der Waals surface area contributed by atoms with Crippen molar-refractivity contribution in [2.24, 2.45) is 50.7 Å². The molecule has 5 aliphatic carbocycles. The van der Waals surface area contributed by atoms with Crippen LogP contribution in [0.1, 0.15) is 120 Å². The lowest BCUT2D eigenvalue weighted by Crippen LogP contribution is -2.65. The van der Waals surface area contributed by atoms with Crippen LogP contribution in [0.25, 0.3) is 0 Å². The number of hydrogen-bond donors (Lipinski definition) is 8. The molecular formula is C45H74O16. The summed E-state index contributed by atoms with van der Waals surface area (Å²) in [5.74, 6) is -1.47. The summed E-state index contributed by atoms with van der Waals surface area (Å²) in [4.78, 5) is 24.4. The number of aliphatic hydroxyl groups is 8. The first-order valence-corrected chi connectivity index (χ1v) is 22.6. The fourth-order valence-electron chi connectivity index (χ4n) is 14.8. The molecule has 16 heteroatoms. The number of fused-ring (bicyclic) bond motifs is 2. The van der Waals surface area contributed by atoms with Gasteiger partial charge in [-0.1, -0.05) is 34.6 Å². The van der Waals surface area contributed by atoms with Gasteiger partial charge in [-0.25, -0.2) is 0 Å². The van der Waals surface area contributed by atoms with Crippen LogP contribution in [-0.2, 0) is 38.0 Å². The van der Waals surface area contributed by atoms with Crippen LogP contribution in [-0.4, -0.2) is 151 Å². The fraction of sp³-hybridized carbons (Fsp3) is 0.956. The molecule has 0 aromatic heterocycles. The van der Waals surface area contributed by atoms with Gasteiger partial charge in [-0.05, 0) is 122 Å². The largest absolute Gasteiger partial charge is 0.455 e. The van der Waals surface area contributed by atoms with Crippen LogP contribution in [0.15, 0.2) is 0 Å². The minimum atomic E-state index is -1.64. The molecule has 61 heavy (non-hydrogen) atoms. The van der Waals surface area contributed by atoms with Crippen LogP contribution in [0.3, 0.4) is 0 Å². The van der Waals surface area contributed by atoms with Gasteiger partial charge in [0.2, 0.25) is 0 Å². The molecule has 7 fully saturated rings. The molecule has 0 unspecified atom stereocenters. The maximum absolute atomic E-state index is 12.3. The smallest absolute Gasteiger partial charge is 0.303 e. The van der Waals surface area contributed by atoms with Crippen molar-refractivity contribution in [2.75, 3.05) is 13.2 Å². The lowest BCUT2D eigenvalue weighted by atomic mass is 9.41. The van der Waals surface area contributed by atoms with Gasteiger partial charge in [0.1, 0.15) is 30.5 Å². The zero-order valence-electron chi connectivity index (χ0n) is 37.4. The Morgan fingerprint density at radius 1 is 0.820 bits per heavy atom. The van der Waals surface area contributed by atoms with Crippen molar-refractivity contribution < 1.29 is 78.9 Å². The summed E-state index contributed by atoms with van der Waals surface area (Å²) >= 11 is 0. The summed E-state index contributed by atoms with van der Waals surface area (Å²) in [7, 11) is 0. The van der Waals surface area contributed by atoms with E-state index in [1.54, 1.807) is 13.8 Å². The van der Waals surface area contributed by atoms with E-state index in [0.29, 0.717) is 32.1 Å². The molecule has 7 rings (SSSR count). The number of hydrogen-bond acceptors (Lipinski definition) is 16. The summed E-state index contributed by atoms with van der Waals surface area (Å²) in [5.41, 5.74) is -2.91. The first kappa shape index (κ1) is 47.4. The molecule has 0 aromatic carbocycles. The number of ether oxygens (including phenoxy) is 6. The number of rotatable bonds is 12. The molecular weight excluding hydrogens is 796 g/mol. The van der Waals surface area contributed by atoms with E-state index in [1.165, 1.54) is 13.8 Å². The van der Waals surface area contributed by atoms with E-state index in [2.05, 4.69) is 34.6 Å². The SMILES string of the molecule is CC(=O)O[C@@H]1[C@@H](OC(C)=O)[C@H](O[C@H]2CC[C@]34C[C@]35CC[C@]3(C)[C@@H]([C@H](C)CC[C@H](O)C(C)(C)O)[C@@H](O)C[C@@]3(C)[C@@H]5C[C@H](O[C@@H]3O[C@H](CO)[C@H](O)[C@@H](O)[C@H]3O)[C@H]4C2(C)C)OC[C@H]1O. The molecule has 21 atom stereocenters. The highest BCUT2D eigenvalue weighted by Gasteiger charge is 2.85. The maximum Gasteiger partial charge on any atom is 0.303 e. The lowest BCUT2D eigenvalue weighted by Gasteiger charge is -2.65. The van der Waals surface area contributed by atoms with E-state index in [-0.39, 0.29) is 51.9 Å². The van der Waals surface area contributed by atoms with Crippen LogP contribution in [0.2, 0.25) is 0 Å². The van der Waals surface area contributed by atoms with Gasteiger partial charge in [0.05, 0.1) is 43.2 Å². The Balaban J connectivity index is 1.23. The highest BCUT2D eigenvalue weighted by Crippen LogP contribution is 2.89. The van der Waals surface area contributed by atoms with Crippen LogP contribution >= 0.6 is 0 Å². The molecule has 0 radical (unpaired) electrons. The van der Waals surface area contributed by atoms with E-state index < -0.39 is 109 Å². The van der Waals surface area contributed by atoms with E-state index in [9.17, 15) is 50.4 Å². The Morgan fingerprint density at radius 2 is 1.48 bits per heavy atom. The van der Waals surface area contributed by atoms with Crippen molar-refractivity contribution in [3.05, 3.63) is 0 Å². The van der Waals surface area contributed by atoms with E-state index in [0.717, 1.165) is 25.7 Å². The monoisotopic (exact) mass is 870 g/mol. The Labute approximate surface area is 359 Å². The van der Waals surface area contributed by atoms with Gasteiger partial charge in [0.15, 0.2) is 24.8 Å². The summed E-state index contributed by atoms with van der Waals surface area (Å²) in [6.07, 6.45) is -8.64. The quantitative estimate of drug-likeness (QED) is 0.103. The first-order chi connectivity index (χ1) is 28.3. The third-order valence-electron chi connectivity index (χ3n) is 17.8. The normalized spacial score (nSPS) is 50.0. The first-order valence-electron chi connectivity index (χ1n) is 22.6. The Kier molecular flexibility index (Phi) is 12.8. The fourth-order valence-corrected chi connectivity index (χ4v) is 14.8. The Morgan fingerprint density at radius 3 is 2.10 bits per heavy atom. The summed E-state index contributed by atoms with van der Waals surface area (Å²) in [6.45, 7) is 15.8. The maximum atomic E-state index is 12.3. The Hall–Kier alpha value is -1.54. The molecule has 16 nitrogen and oxygen atoms in total. The van der Waals surface area contributed by atoms with Gasteiger partial charge >= 0.3 is 11.9 Å². The third kappa shape index (κ3) is 7.61. The van der Waals surface area contributed by atoms with Gasteiger partial charge in [-0.2, -0.15) is 0 Å². The number of esters is 2. The number of aliphatic hydroxyl groups excluding tert-OH is 7. The van der Waals surface area contributed by atoms with Crippen molar-refractivity contribution in [3.8, 4) is 0 Å². The van der Waals surface area contributed by atoms with Crippen molar-refractivity contribution in [2.45, 2.75) is 205 Å². The predicted molar refractivity (Wildman–Crippen MR) is 215 cm³/mol. The van der Waals surface area contributed by atoms with Crippen LogP contribution in [0, 0.1) is 50.7 Å². The predicted octanol–water partition coefficient (Wildman–Crippen LogP) is 1.71. The molecule has 2 aliphatic heterocycles. The minimum absolute atomic E-state index is 0.0587. The second-order valence-corrected chi connectivity index (χ2v) is 21.9. The van der Waals surface area contributed by atoms with Gasteiger partial charge in [-0.3, -0.25) is 9.59 Å². The average Bonchev–Trinajstić information content (AvgIpc) is 3.76. The molecule has 5 saturated carbocycles. The van der Waals surface area contributed by atoms with E-state index in [1.807, 2.05) is 0 Å². The summed E-state index contributed by atoms with van der Waals surface area (Å²) in [6, 6.07) is 0. The van der Waals surface area contributed by atoms with Crippen LogP contribution < -0.4 is 0 Å². The third-order valence-corrected chi connectivity index (χ3v) is 17.8. The van der Waals surface area contributed by atoms with Gasteiger partial charge in [0.25, 0.3) is 0 Å². The second kappa shape index (κ2) is 16.4. The number of carbonyl (C=O) groups excluding carboxylic acids is 2. The molecule has 7 aliphatic rings. The summed E-state index contributed by atoms with van der Waals surface area (Å²) < 4.78 is 36.8. The van der Waals surface area contributed by atoms with E-state index in [4.69, 9.17) is 28.4 Å². The topological polar surface area (TPSA) is 251 Å². The standard InChI is InChI=1S/C45H74O16/c1-21(10-11-29(51)41(6,7)55)31-24(49)17-43(9)28-16-26(59-38-34(54)33(53)32(52)27(18-46)60-38)37-40(4,5)30(12-13-45(37)20-44(28,45)15-14-42(31,43)8)61-39-36(58-23(3)48)35(57-22(2)47)25(50)19-56-39/h21,24-39,46,49-55H,10-20H2,1-9H3/t21-,24+,25-,26+,27-,28+,29+,30+,31+,32+,33-,34-,35+,36-,37+,38-,39+,42-,43+,44+,45-/m1/s1. The molecule has 0 bridgehead atoms. The average molecular weight is 871 g/mol. The van der Waals surface area contributed by atoms with Crippen LogP contribution in [0.5, 0.6) is 0 Å². The zero-order chi connectivity index (χ0) is 45.0. The molecule has 0 aromatic rings. The molecule has 8 N–H and O–H groups in total. The Bertz CT molecular complexity index is 1620. The highest BCUT2D eigenvalue weighted by molar-refractivity contribution is 5.67. The zero-order valence-corrected chi connectivity index (χ0v) is 37.4. The molecule has 2 saturated heterocycles. The number of carbonyl (C=O) groups is 2. The summed E-state index contributed by atoms with van der Waals surface area (Å²) in [5, 5.41) is 87.0. The molecule has 0 amide bonds. The highest BCUT2D eigenvalue weighted by atomic mass is 16.7. The molecule has 350 valence electrons. The van der Waals surface area contributed by atoms with Gasteiger partial charge in [0, 0.05) is 13.8 Å². The minimum Gasteiger partial charge on any atom is -0.455 e. The van der Waals surface area contributed by atoms with Crippen molar-refractivity contribution in [3.63, 3.8) is 0 Å². The lowest BCUT2D eigenvalue weighted by molar-refractivity contribution is -0.339. The second-order valence-electron chi connectivity index (χ2n) is 21.9. The van der Waals surface area contributed by atoms with Crippen molar-refractivity contribution in [1.82, 2.24) is 0 Å².